The van der Waals surface area contributed by atoms with Crippen LogP contribution in [0.3, 0.4) is 0 Å². The zero-order valence-electron chi connectivity index (χ0n) is 27.4. The van der Waals surface area contributed by atoms with Gasteiger partial charge in [0.05, 0.1) is 22.1 Å². The molecule has 0 bridgehead atoms. The zero-order chi connectivity index (χ0) is 33.0. The second kappa shape index (κ2) is 11.5. The molecule has 0 aliphatic rings. The van der Waals surface area contributed by atoms with Gasteiger partial charge in [-0.3, -0.25) is 0 Å². The lowest BCUT2D eigenvalue weighted by atomic mass is 9.95. The van der Waals surface area contributed by atoms with Gasteiger partial charge in [-0.1, -0.05) is 146 Å². The standard InChI is InChI=1S/C48H32N2/c1-3-14-33(15-4-1)35-28-30-37(31-29-35)49-43-24-9-7-20-41(43)47-39(22-12-26-45(47)49)40-23-13-27-46-48(40)42-21-8-10-25-44(42)50(46)38-19-11-18-36(32-38)34-16-5-2-6-17-34/h1-32H. The van der Waals surface area contributed by atoms with E-state index in [9.17, 15) is 0 Å². The first kappa shape index (κ1) is 28.4. The number of hydrogen-bond donors (Lipinski definition) is 0. The third kappa shape index (κ3) is 4.43. The largest absolute Gasteiger partial charge is 0.309 e. The lowest BCUT2D eigenvalue weighted by Gasteiger charge is -2.12. The van der Waals surface area contributed by atoms with Crippen LogP contribution in [-0.2, 0) is 0 Å². The molecule has 0 saturated heterocycles. The van der Waals surface area contributed by atoms with Crippen LogP contribution in [0.25, 0.3) is 88.4 Å². The molecule has 0 aliphatic heterocycles. The quantitative estimate of drug-likeness (QED) is 0.178. The second-order valence-electron chi connectivity index (χ2n) is 12.9. The van der Waals surface area contributed by atoms with Gasteiger partial charge in [0.2, 0.25) is 0 Å². The fourth-order valence-corrected chi connectivity index (χ4v) is 7.93. The van der Waals surface area contributed by atoms with Crippen molar-refractivity contribution in [3.63, 3.8) is 0 Å². The van der Waals surface area contributed by atoms with E-state index in [1.807, 2.05) is 0 Å². The Labute approximate surface area is 290 Å². The smallest absolute Gasteiger partial charge is 0.0547 e. The van der Waals surface area contributed by atoms with Gasteiger partial charge in [-0.25, -0.2) is 0 Å². The van der Waals surface area contributed by atoms with Gasteiger partial charge in [-0.15, -0.1) is 0 Å². The van der Waals surface area contributed by atoms with Crippen molar-refractivity contribution in [3.05, 3.63) is 194 Å². The third-order valence-corrected chi connectivity index (χ3v) is 10.1. The molecule has 10 aromatic rings. The van der Waals surface area contributed by atoms with Gasteiger partial charge in [0, 0.05) is 32.9 Å². The molecule has 0 amide bonds. The highest BCUT2D eigenvalue weighted by atomic mass is 15.0. The van der Waals surface area contributed by atoms with Crippen LogP contribution in [0, 0.1) is 0 Å². The van der Waals surface area contributed by atoms with Crippen LogP contribution in [0.5, 0.6) is 0 Å². The fourth-order valence-electron chi connectivity index (χ4n) is 7.93. The summed E-state index contributed by atoms with van der Waals surface area (Å²) < 4.78 is 4.85. The minimum atomic E-state index is 1.15. The summed E-state index contributed by atoms with van der Waals surface area (Å²) in [4.78, 5) is 0. The molecule has 50 heavy (non-hydrogen) atoms. The molecule has 10 rings (SSSR count). The molecule has 8 aromatic carbocycles. The Morgan fingerprint density at radius 1 is 0.260 bits per heavy atom. The van der Waals surface area contributed by atoms with Gasteiger partial charge in [0.15, 0.2) is 0 Å². The zero-order valence-corrected chi connectivity index (χ0v) is 27.4. The third-order valence-electron chi connectivity index (χ3n) is 10.1. The maximum atomic E-state index is 2.43. The van der Waals surface area contributed by atoms with Crippen molar-refractivity contribution >= 4 is 43.6 Å². The van der Waals surface area contributed by atoms with Gasteiger partial charge in [0.25, 0.3) is 0 Å². The molecular formula is C48H32N2. The van der Waals surface area contributed by atoms with Gasteiger partial charge >= 0.3 is 0 Å². The number of fused-ring (bicyclic) bond motifs is 6. The molecule has 0 atom stereocenters. The Kier molecular flexibility index (Phi) is 6.53. The first-order valence-electron chi connectivity index (χ1n) is 17.2. The van der Waals surface area contributed by atoms with E-state index in [0.717, 1.165) is 11.4 Å². The van der Waals surface area contributed by atoms with E-state index in [4.69, 9.17) is 0 Å². The van der Waals surface area contributed by atoms with Crippen molar-refractivity contribution in [1.29, 1.82) is 0 Å². The van der Waals surface area contributed by atoms with Crippen LogP contribution < -0.4 is 0 Å². The van der Waals surface area contributed by atoms with Gasteiger partial charge in [-0.2, -0.15) is 0 Å². The lowest BCUT2D eigenvalue weighted by molar-refractivity contribution is 1.18. The van der Waals surface area contributed by atoms with Crippen LogP contribution >= 0.6 is 0 Å². The molecule has 0 N–H and O–H groups in total. The summed E-state index contributed by atoms with van der Waals surface area (Å²) in [6.45, 7) is 0. The molecule has 2 heterocycles. The van der Waals surface area contributed by atoms with E-state index < -0.39 is 0 Å². The minimum Gasteiger partial charge on any atom is -0.309 e. The van der Waals surface area contributed by atoms with Crippen molar-refractivity contribution in [1.82, 2.24) is 9.13 Å². The number of aromatic nitrogens is 2. The first-order chi connectivity index (χ1) is 24.8. The van der Waals surface area contributed by atoms with Gasteiger partial charge in [-0.05, 0) is 81.9 Å². The Morgan fingerprint density at radius 2 is 0.680 bits per heavy atom. The summed E-state index contributed by atoms with van der Waals surface area (Å²) in [6.07, 6.45) is 0. The van der Waals surface area contributed by atoms with Crippen molar-refractivity contribution in [2.75, 3.05) is 0 Å². The van der Waals surface area contributed by atoms with Crippen molar-refractivity contribution in [3.8, 4) is 44.8 Å². The molecule has 2 nitrogen and oxygen atoms in total. The van der Waals surface area contributed by atoms with Gasteiger partial charge in [0.1, 0.15) is 0 Å². The molecule has 2 aromatic heterocycles. The molecule has 2 heteroatoms. The van der Waals surface area contributed by atoms with E-state index in [0.29, 0.717) is 0 Å². The number of benzene rings is 8. The number of hydrogen-bond acceptors (Lipinski definition) is 0. The number of para-hydroxylation sites is 2. The Morgan fingerprint density at radius 3 is 1.26 bits per heavy atom. The van der Waals surface area contributed by atoms with Gasteiger partial charge < -0.3 is 9.13 Å². The van der Waals surface area contributed by atoms with Crippen LogP contribution in [0.1, 0.15) is 0 Å². The van der Waals surface area contributed by atoms with Crippen molar-refractivity contribution in [2.24, 2.45) is 0 Å². The molecule has 234 valence electrons. The SMILES string of the molecule is c1ccc(-c2ccc(-n3c4ccccc4c4c(-c5cccc6c5c5ccccc5n6-c5cccc(-c6ccccc6)c5)cccc43)cc2)cc1. The summed E-state index contributed by atoms with van der Waals surface area (Å²) in [6, 6.07) is 70.3. The van der Waals surface area contributed by atoms with Crippen LogP contribution in [0.15, 0.2) is 194 Å². The van der Waals surface area contributed by atoms with E-state index in [-0.39, 0.29) is 0 Å². The Bertz CT molecular complexity index is 2840. The summed E-state index contributed by atoms with van der Waals surface area (Å²) in [7, 11) is 0. The predicted molar refractivity (Wildman–Crippen MR) is 211 cm³/mol. The minimum absolute atomic E-state index is 1.15. The average Bonchev–Trinajstić information content (AvgIpc) is 3.72. The average molecular weight is 637 g/mol. The molecular weight excluding hydrogens is 605 g/mol. The van der Waals surface area contributed by atoms with Crippen LogP contribution in [0.2, 0.25) is 0 Å². The highest BCUT2D eigenvalue weighted by molar-refractivity contribution is 6.22. The number of nitrogens with zero attached hydrogens (tertiary/aromatic N) is 2. The maximum Gasteiger partial charge on any atom is 0.0547 e. The molecule has 0 unspecified atom stereocenters. The summed E-state index contributed by atoms with van der Waals surface area (Å²) in [5.41, 5.74) is 14.5. The fraction of sp³-hybridized carbons (Fsp3) is 0. The Balaban J connectivity index is 1.21. The van der Waals surface area contributed by atoms with E-state index in [1.54, 1.807) is 0 Å². The highest BCUT2D eigenvalue weighted by Crippen LogP contribution is 2.44. The van der Waals surface area contributed by atoms with Crippen LogP contribution in [-0.4, -0.2) is 9.13 Å². The van der Waals surface area contributed by atoms with Crippen molar-refractivity contribution in [2.45, 2.75) is 0 Å². The van der Waals surface area contributed by atoms with Crippen molar-refractivity contribution < 1.29 is 0 Å². The van der Waals surface area contributed by atoms with E-state index in [2.05, 4.69) is 203 Å². The van der Waals surface area contributed by atoms with E-state index >= 15 is 0 Å². The Hall–Kier alpha value is -6.64. The summed E-state index contributed by atoms with van der Waals surface area (Å²) >= 11 is 0. The topological polar surface area (TPSA) is 9.86 Å². The highest BCUT2D eigenvalue weighted by Gasteiger charge is 2.20. The molecule has 0 saturated carbocycles. The molecule has 0 aliphatic carbocycles. The predicted octanol–water partition coefficient (Wildman–Crippen LogP) is 12.9. The molecule has 0 spiro atoms. The van der Waals surface area contributed by atoms with Crippen LogP contribution in [0.4, 0.5) is 0 Å². The summed E-state index contributed by atoms with van der Waals surface area (Å²) in [5.74, 6) is 0. The number of rotatable bonds is 5. The monoisotopic (exact) mass is 636 g/mol. The summed E-state index contributed by atoms with van der Waals surface area (Å²) in [5, 5.41) is 5.04. The molecule has 0 fully saturated rings. The maximum absolute atomic E-state index is 2.43. The lowest BCUT2D eigenvalue weighted by Crippen LogP contribution is -1.94. The first-order valence-corrected chi connectivity index (χ1v) is 17.2. The second-order valence-corrected chi connectivity index (χ2v) is 12.9. The molecule has 0 radical (unpaired) electrons. The normalized spacial score (nSPS) is 11.6. The van der Waals surface area contributed by atoms with E-state index in [1.165, 1.54) is 77.0 Å².